The Morgan fingerprint density at radius 2 is 1.79 bits per heavy atom. The summed E-state index contributed by atoms with van der Waals surface area (Å²) in [6.07, 6.45) is 0. The van der Waals surface area contributed by atoms with Gasteiger partial charge in [-0.05, 0) is 24.3 Å². The molecule has 24 heavy (non-hydrogen) atoms. The Hall–Kier alpha value is -2.11. The molecule has 0 spiro atoms. The highest BCUT2D eigenvalue weighted by molar-refractivity contribution is 6.30. The minimum atomic E-state index is -1.03. The molecule has 0 amide bonds. The van der Waals surface area contributed by atoms with Crippen LogP contribution in [-0.4, -0.2) is 42.2 Å². The molecule has 2 aromatic rings. The SMILES string of the molecule is O=C(O)[C@@H](c1ccccc1F)N1CCN(c2cccc(Cl)c2)CC1. The molecule has 3 rings (SSSR count). The lowest BCUT2D eigenvalue weighted by molar-refractivity contribution is -0.143. The summed E-state index contributed by atoms with van der Waals surface area (Å²) in [4.78, 5) is 15.7. The van der Waals surface area contributed by atoms with Crippen LogP contribution in [0.4, 0.5) is 10.1 Å². The molecule has 1 atom stereocenters. The third kappa shape index (κ3) is 3.52. The van der Waals surface area contributed by atoms with Crippen molar-refractivity contribution < 1.29 is 14.3 Å². The van der Waals surface area contributed by atoms with E-state index < -0.39 is 17.8 Å². The van der Waals surface area contributed by atoms with E-state index >= 15 is 0 Å². The van der Waals surface area contributed by atoms with Gasteiger partial charge in [-0.25, -0.2) is 4.39 Å². The summed E-state index contributed by atoms with van der Waals surface area (Å²) in [5, 5.41) is 10.3. The van der Waals surface area contributed by atoms with Crippen LogP contribution < -0.4 is 4.90 Å². The summed E-state index contributed by atoms with van der Waals surface area (Å²) in [6, 6.07) is 12.7. The maximum atomic E-state index is 14.0. The maximum absolute atomic E-state index is 14.0. The Labute approximate surface area is 145 Å². The van der Waals surface area contributed by atoms with Crippen molar-refractivity contribution in [2.75, 3.05) is 31.1 Å². The number of nitrogens with zero attached hydrogens (tertiary/aromatic N) is 2. The molecule has 1 aliphatic rings. The van der Waals surface area contributed by atoms with Crippen LogP contribution in [0.1, 0.15) is 11.6 Å². The lowest BCUT2D eigenvalue weighted by Gasteiger charge is -2.39. The van der Waals surface area contributed by atoms with Gasteiger partial charge in [-0.2, -0.15) is 0 Å². The average molecular weight is 349 g/mol. The van der Waals surface area contributed by atoms with E-state index in [0.717, 1.165) is 5.69 Å². The molecule has 1 fully saturated rings. The summed E-state index contributed by atoms with van der Waals surface area (Å²) in [6.45, 7) is 2.41. The normalized spacial score (nSPS) is 16.8. The molecular formula is C18H18ClFN2O2. The molecule has 1 N–H and O–H groups in total. The topological polar surface area (TPSA) is 43.8 Å². The first kappa shape index (κ1) is 16.7. The number of hydrogen-bond acceptors (Lipinski definition) is 3. The molecule has 1 aliphatic heterocycles. The zero-order valence-corrected chi connectivity index (χ0v) is 13.8. The number of carboxylic acids is 1. The first-order valence-corrected chi connectivity index (χ1v) is 8.16. The molecule has 0 unspecified atom stereocenters. The molecule has 6 heteroatoms. The van der Waals surface area contributed by atoms with E-state index in [2.05, 4.69) is 4.90 Å². The standard InChI is InChI=1S/C18H18ClFN2O2/c19-13-4-3-5-14(12-13)21-8-10-22(11-9-21)17(18(23)24)15-6-1-2-7-16(15)20/h1-7,12,17H,8-11H2,(H,23,24)/t17-/m1/s1. The third-order valence-electron chi connectivity index (χ3n) is 4.29. The van der Waals surface area contributed by atoms with Crippen molar-refractivity contribution in [3.05, 3.63) is 64.9 Å². The van der Waals surface area contributed by atoms with Crippen molar-refractivity contribution in [3.63, 3.8) is 0 Å². The summed E-state index contributed by atoms with van der Waals surface area (Å²) < 4.78 is 14.0. The summed E-state index contributed by atoms with van der Waals surface area (Å²) >= 11 is 6.03. The molecule has 1 saturated heterocycles. The van der Waals surface area contributed by atoms with E-state index in [-0.39, 0.29) is 5.56 Å². The fraction of sp³-hybridized carbons (Fsp3) is 0.278. The smallest absolute Gasteiger partial charge is 0.325 e. The van der Waals surface area contributed by atoms with Crippen LogP contribution in [0.25, 0.3) is 0 Å². The number of anilines is 1. The summed E-state index contributed by atoms with van der Waals surface area (Å²) in [7, 11) is 0. The highest BCUT2D eigenvalue weighted by atomic mass is 35.5. The number of carbonyl (C=O) groups is 1. The summed E-state index contributed by atoms with van der Waals surface area (Å²) in [5.41, 5.74) is 1.22. The van der Waals surface area contributed by atoms with Crippen LogP contribution in [0.2, 0.25) is 5.02 Å². The molecule has 0 bridgehead atoms. The zero-order valence-electron chi connectivity index (χ0n) is 13.0. The number of rotatable bonds is 4. The minimum Gasteiger partial charge on any atom is -0.480 e. The average Bonchev–Trinajstić information content (AvgIpc) is 2.57. The fourth-order valence-corrected chi connectivity index (χ4v) is 3.28. The second-order valence-electron chi connectivity index (χ2n) is 5.77. The van der Waals surface area contributed by atoms with Gasteiger partial charge in [0.2, 0.25) is 0 Å². The number of benzene rings is 2. The van der Waals surface area contributed by atoms with Gasteiger partial charge in [0, 0.05) is 42.5 Å². The van der Waals surface area contributed by atoms with E-state index in [1.54, 1.807) is 12.1 Å². The van der Waals surface area contributed by atoms with Gasteiger partial charge < -0.3 is 10.0 Å². The predicted molar refractivity (Wildman–Crippen MR) is 92.0 cm³/mol. The van der Waals surface area contributed by atoms with Crippen molar-refractivity contribution in [1.82, 2.24) is 4.90 Å². The van der Waals surface area contributed by atoms with Crippen LogP contribution in [0.15, 0.2) is 48.5 Å². The molecule has 0 radical (unpaired) electrons. The Kier molecular flexibility index (Phi) is 5.02. The Bertz CT molecular complexity index is 732. The van der Waals surface area contributed by atoms with Crippen LogP contribution >= 0.6 is 11.6 Å². The van der Waals surface area contributed by atoms with Crippen molar-refractivity contribution in [1.29, 1.82) is 0 Å². The first-order chi connectivity index (χ1) is 11.6. The van der Waals surface area contributed by atoms with E-state index in [4.69, 9.17) is 11.6 Å². The van der Waals surface area contributed by atoms with Crippen molar-refractivity contribution >= 4 is 23.3 Å². The Morgan fingerprint density at radius 1 is 1.08 bits per heavy atom. The van der Waals surface area contributed by atoms with Crippen LogP contribution in [0.5, 0.6) is 0 Å². The second-order valence-corrected chi connectivity index (χ2v) is 6.20. The van der Waals surface area contributed by atoms with Gasteiger partial charge in [-0.3, -0.25) is 9.69 Å². The summed E-state index contributed by atoms with van der Waals surface area (Å²) in [5.74, 6) is -1.52. The van der Waals surface area contributed by atoms with Gasteiger partial charge in [0.15, 0.2) is 0 Å². The Morgan fingerprint density at radius 3 is 2.42 bits per heavy atom. The van der Waals surface area contributed by atoms with Gasteiger partial charge in [0.1, 0.15) is 11.9 Å². The van der Waals surface area contributed by atoms with E-state index in [1.165, 1.54) is 12.1 Å². The van der Waals surface area contributed by atoms with E-state index in [0.29, 0.717) is 31.2 Å². The highest BCUT2D eigenvalue weighted by Gasteiger charge is 2.32. The van der Waals surface area contributed by atoms with Gasteiger partial charge in [0.25, 0.3) is 0 Å². The number of piperazine rings is 1. The van der Waals surface area contributed by atoms with Gasteiger partial charge in [-0.15, -0.1) is 0 Å². The zero-order chi connectivity index (χ0) is 17.1. The van der Waals surface area contributed by atoms with Crippen molar-refractivity contribution in [3.8, 4) is 0 Å². The quantitative estimate of drug-likeness (QED) is 0.919. The molecule has 126 valence electrons. The first-order valence-electron chi connectivity index (χ1n) is 7.78. The molecule has 1 heterocycles. The number of halogens is 2. The van der Waals surface area contributed by atoms with Gasteiger partial charge in [-0.1, -0.05) is 35.9 Å². The molecule has 4 nitrogen and oxygen atoms in total. The van der Waals surface area contributed by atoms with Crippen LogP contribution in [0, 0.1) is 5.82 Å². The van der Waals surface area contributed by atoms with Gasteiger partial charge >= 0.3 is 5.97 Å². The van der Waals surface area contributed by atoms with Crippen LogP contribution in [0.3, 0.4) is 0 Å². The highest BCUT2D eigenvalue weighted by Crippen LogP contribution is 2.27. The van der Waals surface area contributed by atoms with Gasteiger partial charge in [0.05, 0.1) is 0 Å². The minimum absolute atomic E-state index is 0.209. The van der Waals surface area contributed by atoms with E-state index in [1.807, 2.05) is 29.2 Å². The molecule has 0 aromatic heterocycles. The molecular weight excluding hydrogens is 331 g/mol. The fourth-order valence-electron chi connectivity index (χ4n) is 3.09. The molecule has 0 aliphatic carbocycles. The number of hydrogen-bond donors (Lipinski definition) is 1. The lowest BCUT2D eigenvalue weighted by atomic mass is 10.0. The van der Waals surface area contributed by atoms with Crippen molar-refractivity contribution in [2.45, 2.75) is 6.04 Å². The van der Waals surface area contributed by atoms with E-state index in [9.17, 15) is 14.3 Å². The van der Waals surface area contributed by atoms with Crippen molar-refractivity contribution in [2.24, 2.45) is 0 Å². The third-order valence-corrected chi connectivity index (χ3v) is 4.52. The number of aliphatic carboxylic acids is 1. The lowest BCUT2D eigenvalue weighted by Crippen LogP contribution is -2.49. The largest absolute Gasteiger partial charge is 0.480 e. The molecule has 2 aromatic carbocycles. The predicted octanol–water partition coefficient (Wildman–Crippen LogP) is 3.43. The monoisotopic (exact) mass is 348 g/mol. The number of carboxylic acid groups (broad SMARTS) is 1. The second kappa shape index (κ2) is 7.20. The Balaban J connectivity index is 1.75. The molecule has 0 saturated carbocycles. The van der Waals surface area contributed by atoms with Crippen LogP contribution in [-0.2, 0) is 4.79 Å². The maximum Gasteiger partial charge on any atom is 0.325 e.